The molecule has 2 amide bonds. The molecule has 2 aromatic rings. The van der Waals surface area contributed by atoms with E-state index in [0.29, 0.717) is 48.9 Å². The molecule has 0 saturated heterocycles. The summed E-state index contributed by atoms with van der Waals surface area (Å²) >= 11 is 0. The standard InChI is InChI=1S/C35H53N3O6/c1-7-9-10-11-12-13-18-37(34(39)24-36-17-8-2)25-35(40)38-19-16-27-22-32(43-5)33(44-6)23-28(27)29(38)20-26-14-15-30(41-3)31(21-26)42-4/h14-15,21-23,29,36H,7-13,16-20,24-25H2,1-6H3. The van der Waals surface area contributed by atoms with Crippen LogP contribution in [0.1, 0.15) is 81.5 Å². The van der Waals surface area contributed by atoms with Crippen LogP contribution in [0.4, 0.5) is 0 Å². The summed E-state index contributed by atoms with van der Waals surface area (Å²) in [5, 5.41) is 3.22. The fourth-order valence-electron chi connectivity index (χ4n) is 5.89. The number of carbonyl (C=O) groups excluding carboxylic acids is 2. The second-order valence-corrected chi connectivity index (χ2v) is 11.4. The third kappa shape index (κ3) is 9.52. The zero-order valence-corrected chi connectivity index (χ0v) is 27.7. The zero-order valence-electron chi connectivity index (χ0n) is 27.7. The Morgan fingerprint density at radius 3 is 2.18 bits per heavy atom. The number of ether oxygens (including phenoxy) is 4. The average molecular weight is 612 g/mol. The van der Waals surface area contributed by atoms with Crippen molar-refractivity contribution in [3.8, 4) is 23.0 Å². The van der Waals surface area contributed by atoms with E-state index in [-0.39, 0.29) is 30.9 Å². The summed E-state index contributed by atoms with van der Waals surface area (Å²) in [6.45, 7) is 6.49. The molecule has 1 N–H and O–H groups in total. The van der Waals surface area contributed by atoms with Crippen LogP contribution < -0.4 is 24.3 Å². The largest absolute Gasteiger partial charge is 0.493 e. The van der Waals surface area contributed by atoms with Gasteiger partial charge in [0.05, 0.1) is 47.6 Å². The SMILES string of the molecule is CCCCCCCCN(CC(=O)N1CCc2cc(OC)c(OC)cc2C1Cc1ccc(OC)c(OC)c1)C(=O)CNCCC. The Hall–Kier alpha value is -3.46. The minimum Gasteiger partial charge on any atom is -0.493 e. The maximum Gasteiger partial charge on any atom is 0.242 e. The molecule has 1 heterocycles. The van der Waals surface area contributed by atoms with Gasteiger partial charge in [0, 0.05) is 13.1 Å². The van der Waals surface area contributed by atoms with Crippen molar-refractivity contribution in [2.75, 3.05) is 61.2 Å². The molecule has 9 nitrogen and oxygen atoms in total. The summed E-state index contributed by atoms with van der Waals surface area (Å²) in [6, 6.07) is 9.62. The smallest absolute Gasteiger partial charge is 0.242 e. The third-order valence-electron chi connectivity index (χ3n) is 8.36. The van der Waals surface area contributed by atoms with Crippen LogP contribution in [0.15, 0.2) is 30.3 Å². The van der Waals surface area contributed by atoms with Crippen LogP contribution >= 0.6 is 0 Å². The lowest BCUT2D eigenvalue weighted by Crippen LogP contribution is -2.49. The van der Waals surface area contributed by atoms with Gasteiger partial charge in [0.2, 0.25) is 11.8 Å². The first-order chi connectivity index (χ1) is 21.4. The number of rotatable bonds is 19. The van der Waals surface area contributed by atoms with Crippen molar-refractivity contribution in [1.82, 2.24) is 15.1 Å². The van der Waals surface area contributed by atoms with Crippen molar-refractivity contribution < 1.29 is 28.5 Å². The van der Waals surface area contributed by atoms with Crippen LogP contribution in [0.2, 0.25) is 0 Å². The van der Waals surface area contributed by atoms with Crippen LogP contribution in [0.5, 0.6) is 23.0 Å². The molecule has 44 heavy (non-hydrogen) atoms. The Morgan fingerprint density at radius 2 is 1.50 bits per heavy atom. The average Bonchev–Trinajstić information content (AvgIpc) is 3.04. The maximum absolute atomic E-state index is 14.1. The summed E-state index contributed by atoms with van der Waals surface area (Å²) < 4.78 is 22.3. The van der Waals surface area contributed by atoms with Gasteiger partial charge >= 0.3 is 0 Å². The molecule has 9 heteroatoms. The van der Waals surface area contributed by atoms with E-state index in [9.17, 15) is 9.59 Å². The molecule has 1 aliphatic rings. The highest BCUT2D eigenvalue weighted by Gasteiger charge is 2.33. The van der Waals surface area contributed by atoms with E-state index in [2.05, 4.69) is 19.2 Å². The second kappa shape index (κ2) is 18.4. The molecule has 3 rings (SSSR count). The predicted octanol–water partition coefficient (Wildman–Crippen LogP) is 5.58. The minimum absolute atomic E-state index is 0.0272. The summed E-state index contributed by atoms with van der Waals surface area (Å²) in [7, 11) is 6.49. The number of methoxy groups -OCH3 is 4. The number of hydrogen-bond donors (Lipinski definition) is 1. The van der Waals surface area contributed by atoms with Gasteiger partial charge < -0.3 is 34.1 Å². The Morgan fingerprint density at radius 1 is 0.841 bits per heavy atom. The highest BCUT2D eigenvalue weighted by molar-refractivity contribution is 5.86. The zero-order chi connectivity index (χ0) is 31.9. The number of carbonyl (C=O) groups is 2. The van der Waals surface area contributed by atoms with Crippen LogP contribution in [-0.2, 0) is 22.4 Å². The molecule has 0 aromatic heterocycles. The van der Waals surface area contributed by atoms with E-state index < -0.39 is 0 Å². The summed E-state index contributed by atoms with van der Waals surface area (Å²) in [6.07, 6.45) is 8.95. The maximum atomic E-state index is 14.1. The lowest BCUT2D eigenvalue weighted by atomic mass is 9.88. The summed E-state index contributed by atoms with van der Waals surface area (Å²) in [5.74, 6) is 2.51. The van der Waals surface area contributed by atoms with Gasteiger partial charge in [0.1, 0.15) is 0 Å². The first-order valence-corrected chi connectivity index (χ1v) is 16.1. The van der Waals surface area contributed by atoms with Crippen LogP contribution in [-0.4, -0.2) is 82.8 Å². The molecule has 244 valence electrons. The van der Waals surface area contributed by atoms with Gasteiger partial charge in [-0.1, -0.05) is 52.0 Å². The van der Waals surface area contributed by atoms with Crippen molar-refractivity contribution >= 4 is 11.8 Å². The van der Waals surface area contributed by atoms with Crippen molar-refractivity contribution in [2.24, 2.45) is 0 Å². The predicted molar refractivity (Wildman–Crippen MR) is 174 cm³/mol. The number of nitrogens with one attached hydrogen (secondary N) is 1. The van der Waals surface area contributed by atoms with E-state index in [1.54, 1.807) is 33.3 Å². The van der Waals surface area contributed by atoms with E-state index in [4.69, 9.17) is 18.9 Å². The van der Waals surface area contributed by atoms with Crippen molar-refractivity contribution in [3.05, 3.63) is 47.0 Å². The van der Waals surface area contributed by atoms with Gasteiger partial charge in [-0.2, -0.15) is 0 Å². The van der Waals surface area contributed by atoms with Gasteiger partial charge in [-0.3, -0.25) is 9.59 Å². The topological polar surface area (TPSA) is 89.6 Å². The molecule has 0 spiro atoms. The molecular weight excluding hydrogens is 558 g/mol. The Kier molecular flexibility index (Phi) is 14.6. The normalized spacial score (nSPS) is 14.1. The molecular formula is C35H53N3O6. The Bertz CT molecular complexity index is 1200. The van der Waals surface area contributed by atoms with Gasteiger partial charge in [-0.25, -0.2) is 0 Å². The van der Waals surface area contributed by atoms with Gasteiger partial charge in [0.25, 0.3) is 0 Å². The van der Waals surface area contributed by atoms with E-state index >= 15 is 0 Å². The number of hydrogen-bond acceptors (Lipinski definition) is 7. The third-order valence-corrected chi connectivity index (χ3v) is 8.36. The number of nitrogens with zero attached hydrogens (tertiary/aromatic N) is 2. The monoisotopic (exact) mass is 611 g/mol. The van der Waals surface area contributed by atoms with Gasteiger partial charge in [0.15, 0.2) is 23.0 Å². The Labute approximate surface area is 264 Å². The number of benzene rings is 2. The fourth-order valence-corrected chi connectivity index (χ4v) is 5.89. The highest BCUT2D eigenvalue weighted by Crippen LogP contribution is 2.40. The number of fused-ring (bicyclic) bond motifs is 1. The second-order valence-electron chi connectivity index (χ2n) is 11.4. The van der Waals surface area contributed by atoms with Crippen molar-refractivity contribution in [2.45, 2.75) is 77.7 Å². The van der Waals surface area contributed by atoms with Gasteiger partial charge in [-0.05, 0) is 73.2 Å². The van der Waals surface area contributed by atoms with Crippen LogP contribution in [0, 0.1) is 0 Å². The molecule has 0 fully saturated rings. The number of unbranched alkanes of at least 4 members (excludes halogenated alkanes) is 5. The summed E-state index contributed by atoms with van der Waals surface area (Å²) in [4.78, 5) is 31.1. The molecule has 0 saturated carbocycles. The Balaban J connectivity index is 1.89. The quantitative estimate of drug-likeness (QED) is 0.208. The van der Waals surface area contributed by atoms with E-state index in [1.807, 2.05) is 35.2 Å². The lowest BCUT2D eigenvalue weighted by molar-refractivity contribution is -0.142. The lowest BCUT2D eigenvalue weighted by Gasteiger charge is -2.39. The first kappa shape index (κ1) is 35.0. The van der Waals surface area contributed by atoms with Crippen molar-refractivity contribution in [1.29, 1.82) is 0 Å². The minimum atomic E-state index is -0.256. The van der Waals surface area contributed by atoms with Gasteiger partial charge in [-0.15, -0.1) is 0 Å². The fraction of sp³-hybridized carbons (Fsp3) is 0.600. The summed E-state index contributed by atoms with van der Waals surface area (Å²) in [5.41, 5.74) is 3.16. The molecule has 1 unspecified atom stereocenters. The van der Waals surface area contributed by atoms with E-state index in [1.165, 1.54) is 19.3 Å². The van der Waals surface area contributed by atoms with Crippen LogP contribution in [0.3, 0.4) is 0 Å². The molecule has 1 aliphatic heterocycles. The highest BCUT2D eigenvalue weighted by atomic mass is 16.5. The molecule has 0 aliphatic carbocycles. The van der Waals surface area contributed by atoms with E-state index in [0.717, 1.165) is 48.9 Å². The molecule has 0 radical (unpaired) electrons. The first-order valence-electron chi connectivity index (χ1n) is 16.1. The molecule has 2 aromatic carbocycles. The number of amides is 2. The van der Waals surface area contributed by atoms with Crippen molar-refractivity contribution in [3.63, 3.8) is 0 Å². The molecule has 0 bridgehead atoms. The molecule has 1 atom stereocenters. The van der Waals surface area contributed by atoms with Crippen LogP contribution in [0.25, 0.3) is 0 Å².